The summed E-state index contributed by atoms with van der Waals surface area (Å²) >= 11 is 0. The van der Waals surface area contributed by atoms with Crippen molar-refractivity contribution in [1.82, 2.24) is 0 Å². The van der Waals surface area contributed by atoms with Gasteiger partial charge in [0.25, 0.3) is 0 Å². The molecule has 0 aromatic heterocycles. The number of fused-ring (bicyclic) bond motifs is 5. The first kappa shape index (κ1) is 16.5. The summed E-state index contributed by atoms with van der Waals surface area (Å²) in [4.78, 5) is 24.2. The Bertz CT molecular complexity index is 623. The summed E-state index contributed by atoms with van der Waals surface area (Å²) in [7, 11) is 0. The van der Waals surface area contributed by atoms with Crippen molar-refractivity contribution in [3.63, 3.8) is 0 Å². The van der Waals surface area contributed by atoms with Crippen molar-refractivity contribution in [2.45, 2.75) is 71.8 Å². The number of carbonyl (C=O) groups excluding carboxylic acids is 2. The number of rotatable bonds is 1. The summed E-state index contributed by atoms with van der Waals surface area (Å²) in [5.41, 5.74) is 8.16. The van der Waals surface area contributed by atoms with E-state index in [1.807, 2.05) is 6.08 Å². The lowest BCUT2D eigenvalue weighted by Crippen LogP contribution is -2.51. The fourth-order valence-corrected chi connectivity index (χ4v) is 7.42. The lowest BCUT2D eigenvalue weighted by atomic mass is 9.46. The average molecular weight is 329 g/mol. The molecule has 0 bridgehead atoms. The van der Waals surface area contributed by atoms with Crippen LogP contribution >= 0.6 is 0 Å². The number of Topliss-reactive ketones (excluding diaryl/α,β-unsaturated/α-hetero) is 1. The molecule has 2 N–H and O–H groups in total. The van der Waals surface area contributed by atoms with Crippen LogP contribution in [0.4, 0.5) is 0 Å². The lowest BCUT2D eigenvalue weighted by Gasteiger charge is -2.58. The van der Waals surface area contributed by atoms with Crippen LogP contribution in [0.15, 0.2) is 11.6 Å². The Morgan fingerprint density at radius 1 is 1.17 bits per heavy atom. The highest BCUT2D eigenvalue weighted by Gasteiger charge is 2.61. The first-order chi connectivity index (χ1) is 11.3. The van der Waals surface area contributed by atoms with Crippen LogP contribution in [0.2, 0.25) is 0 Å². The smallest absolute Gasteiger partial charge is 0.155 e. The van der Waals surface area contributed by atoms with Gasteiger partial charge in [0.2, 0.25) is 0 Å². The molecule has 132 valence electrons. The van der Waals surface area contributed by atoms with Crippen LogP contribution in [0.5, 0.6) is 0 Å². The normalized spacial score (nSPS) is 50.6. The van der Waals surface area contributed by atoms with Gasteiger partial charge in [0, 0.05) is 18.4 Å². The maximum atomic E-state index is 12.3. The van der Waals surface area contributed by atoms with Gasteiger partial charge in [-0.25, -0.2) is 0 Å². The Labute approximate surface area is 145 Å². The first-order valence-corrected chi connectivity index (χ1v) is 9.77. The Kier molecular flexibility index (Phi) is 3.62. The van der Waals surface area contributed by atoms with Gasteiger partial charge >= 0.3 is 0 Å². The van der Waals surface area contributed by atoms with Gasteiger partial charge in [0.05, 0.1) is 0 Å². The molecule has 3 heteroatoms. The van der Waals surface area contributed by atoms with E-state index in [2.05, 4.69) is 13.8 Å². The average Bonchev–Trinajstić information content (AvgIpc) is 2.78. The molecule has 0 spiro atoms. The minimum atomic E-state index is 0.0360. The topological polar surface area (TPSA) is 60.2 Å². The second-order valence-electron chi connectivity index (χ2n) is 9.50. The Balaban J connectivity index is 1.69. The second-order valence-corrected chi connectivity index (χ2v) is 9.50. The van der Waals surface area contributed by atoms with Crippen LogP contribution in [0.1, 0.15) is 65.7 Å². The van der Waals surface area contributed by atoms with Gasteiger partial charge in [-0.05, 0) is 80.1 Å². The highest BCUT2D eigenvalue weighted by Crippen LogP contribution is 2.66. The van der Waals surface area contributed by atoms with Crippen LogP contribution < -0.4 is 5.73 Å². The molecule has 3 fully saturated rings. The van der Waals surface area contributed by atoms with Gasteiger partial charge in [0.15, 0.2) is 5.78 Å². The van der Waals surface area contributed by atoms with Crippen molar-refractivity contribution in [3.05, 3.63) is 11.6 Å². The molecule has 0 amide bonds. The lowest BCUT2D eigenvalue weighted by molar-refractivity contribution is -0.129. The molecule has 3 saturated carbocycles. The molecule has 24 heavy (non-hydrogen) atoms. The molecule has 0 heterocycles. The summed E-state index contributed by atoms with van der Waals surface area (Å²) in [5, 5.41) is 0. The largest absolute Gasteiger partial charge is 0.327 e. The van der Waals surface area contributed by atoms with Crippen LogP contribution in [-0.2, 0) is 9.59 Å². The Morgan fingerprint density at radius 2 is 1.92 bits per heavy atom. The predicted molar refractivity (Wildman–Crippen MR) is 94.2 cm³/mol. The molecule has 0 aliphatic heterocycles. The van der Waals surface area contributed by atoms with Crippen LogP contribution in [0.3, 0.4) is 0 Å². The van der Waals surface area contributed by atoms with Crippen molar-refractivity contribution >= 4 is 11.6 Å². The quantitative estimate of drug-likeness (QED) is 0.798. The van der Waals surface area contributed by atoms with E-state index in [-0.39, 0.29) is 28.6 Å². The molecule has 0 aromatic carbocycles. The third kappa shape index (κ3) is 2.06. The number of carbonyl (C=O) groups is 2. The van der Waals surface area contributed by atoms with Gasteiger partial charge in [0.1, 0.15) is 5.78 Å². The van der Waals surface area contributed by atoms with Gasteiger partial charge in [-0.15, -0.1) is 0 Å². The minimum Gasteiger partial charge on any atom is -0.327 e. The highest BCUT2D eigenvalue weighted by atomic mass is 16.1. The van der Waals surface area contributed by atoms with E-state index in [9.17, 15) is 9.59 Å². The van der Waals surface area contributed by atoms with Crippen molar-refractivity contribution in [1.29, 1.82) is 0 Å². The molecular formula is C21H31NO2. The highest BCUT2D eigenvalue weighted by molar-refractivity contribution is 5.91. The van der Waals surface area contributed by atoms with Gasteiger partial charge in [-0.3, -0.25) is 9.59 Å². The third-order valence-corrected chi connectivity index (χ3v) is 8.50. The Hall–Kier alpha value is -0.960. The van der Waals surface area contributed by atoms with E-state index in [4.69, 9.17) is 5.73 Å². The maximum Gasteiger partial charge on any atom is 0.155 e. The molecule has 4 aliphatic carbocycles. The summed E-state index contributed by atoms with van der Waals surface area (Å²) in [5.74, 6) is 2.58. The molecule has 0 saturated heterocycles. The van der Waals surface area contributed by atoms with E-state index in [0.717, 1.165) is 25.7 Å². The van der Waals surface area contributed by atoms with Gasteiger partial charge in [-0.1, -0.05) is 19.4 Å². The zero-order valence-corrected chi connectivity index (χ0v) is 15.3. The number of ketones is 2. The molecular weight excluding hydrogens is 298 g/mol. The second kappa shape index (κ2) is 5.27. The van der Waals surface area contributed by atoms with Gasteiger partial charge < -0.3 is 5.73 Å². The first-order valence-electron chi connectivity index (χ1n) is 9.77. The minimum absolute atomic E-state index is 0.0360. The molecule has 0 aromatic rings. The molecule has 4 rings (SSSR count). The van der Waals surface area contributed by atoms with Crippen molar-refractivity contribution < 1.29 is 9.59 Å². The standard InChI is InChI=1S/C21H31NO2/c1-12(23)19-18(22)11-17-15-5-4-13-10-14(24)6-8-20(13,2)16(15)7-9-21(17,19)3/h10,15-19H,4-9,11,22H2,1-3H3/t15-,16+,17+,18?,19+,20+,21+/m1/s1. The summed E-state index contributed by atoms with van der Waals surface area (Å²) in [6.45, 7) is 6.48. The van der Waals surface area contributed by atoms with Crippen molar-refractivity contribution in [2.24, 2.45) is 40.2 Å². The number of hydrogen-bond acceptors (Lipinski definition) is 3. The summed E-state index contributed by atoms with van der Waals surface area (Å²) in [6, 6.07) is 0.0360. The van der Waals surface area contributed by atoms with E-state index in [1.54, 1.807) is 6.92 Å². The van der Waals surface area contributed by atoms with Crippen molar-refractivity contribution in [3.8, 4) is 0 Å². The molecule has 1 unspecified atom stereocenters. The van der Waals surface area contributed by atoms with Gasteiger partial charge in [-0.2, -0.15) is 0 Å². The number of hydrogen-bond donors (Lipinski definition) is 1. The van der Waals surface area contributed by atoms with Crippen LogP contribution in [0.25, 0.3) is 0 Å². The number of allylic oxidation sites excluding steroid dienone is 1. The van der Waals surface area contributed by atoms with E-state index < -0.39 is 0 Å². The van der Waals surface area contributed by atoms with Crippen molar-refractivity contribution in [2.75, 3.05) is 0 Å². The zero-order valence-electron chi connectivity index (χ0n) is 15.3. The molecule has 0 radical (unpaired) electrons. The fourth-order valence-electron chi connectivity index (χ4n) is 7.42. The van der Waals surface area contributed by atoms with Crippen LogP contribution in [0, 0.1) is 34.5 Å². The fraction of sp³-hybridized carbons (Fsp3) is 0.810. The Morgan fingerprint density at radius 3 is 2.62 bits per heavy atom. The van der Waals surface area contributed by atoms with Crippen LogP contribution in [-0.4, -0.2) is 17.6 Å². The molecule has 4 aliphatic rings. The molecule has 7 atom stereocenters. The van der Waals surface area contributed by atoms with E-state index >= 15 is 0 Å². The zero-order chi connectivity index (χ0) is 17.3. The van der Waals surface area contributed by atoms with E-state index in [1.165, 1.54) is 18.4 Å². The third-order valence-electron chi connectivity index (χ3n) is 8.50. The monoisotopic (exact) mass is 329 g/mol. The SMILES string of the molecule is CC(=O)[C@H]1C(N)C[C@H]2[C@@H]3CCC4=CC(=O)CC[C@]4(C)[C@H]3CC[C@]12C. The predicted octanol–water partition coefficient (Wildman–Crippen LogP) is 3.66. The number of nitrogens with two attached hydrogens (primary N) is 1. The summed E-state index contributed by atoms with van der Waals surface area (Å²) < 4.78 is 0. The van der Waals surface area contributed by atoms with E-state index in [0.29, 0.717) is 30.0 Å². The summed E-state index contributed by atoms with van der Waals surface area (Å²) in [6.07, 6.45) is 9.25. The molecule has 3 nitrogen and oxygen atoms in total. The maximum absolute atomic E-state index is 12.3.